The first-order valence-corrected chi connectivity index (χ1v) is 7.68. The Bertz CT molecular complexity index is 627. The van der Waals surface area contributed by atoms with E-state index in [2.05, 4.69) is 20.7 Å². The quantitative estimate of drug-likeness (QED) is 0.854. The highest BCUT2D eigenvalue weighted by molar-refractivity contribution is 6.04. The number of anilines is 1. The van der Waals surface area contributed by atoms with Gasteiger partial charge in [-0.3, -0.25) is 9.59 Å². The van der Waals surface area contributed by atoms with E-state index in [9.17, 15) is 9.59 Å². The minimum atomic E-state index is -0.439. The Balaban J connectivity index is 1.61. The lowest BCUT2D eigenvalue weighted by Crippen LogP contribution is -2.46. The molecule has 0 bridgehead atoms. The molecule has 3 rings (SSSR count). The third-order valence-corrected chi connectivity index (χ3v) is 3.95. The van der Waals surface area contributed by atoms with E-state index in [-0.39, 0.29) is 11.8 Å². The number of likely N-dealkylation sites (N-methyl/N-ethyl adjacent to an activating group) is 1. The third-order valence-electron chi connectivity index (χ3n) is 3.95. The number of hydrazone groups is 1. The van der Waals surface area contributed by atoms with Gasteiger partial charge in [-0.15, -0.1) is 0 Å². The Kier molecular flexibility index (Phi) is 4.68. The molecule has 23 heavy (non-hydrogen) atoms. The molecule has 7 heteroatoms. The summed E-state index contributed by atoms with van der Waals surface area (Å²) in [5.74, 6) is -0.193. The zero-order chi connectivity index (χ0) is 16.2. The second kappa shape index (κ2) is 6.89. The molecule has 1 aromatic rings. The van der Waals surface area contributed by atoms with Crippen molar-refractivity contribution in [3.05, 3.63) is 29.8 Å². The van der Waals surface area contributed by atoms with Crippen LogP contribution in [0.3, 0.4) is 0 Å². The fourth-order valence-corrected chi connectivity index (χ4v) is 2.59. The minimum Gasteiger partial charge on any atom is -0.366 e. The summed E-state index contributed by atoms with van der Waals surface area (Å²) in [6.45, 7) is 2.01. The van der Waals surface area contributed by atoms with Crippen molar-refractivity contribution in [2.24, 2.45) is 5.10 Å². The fourth-order valence-electron chi connectivity index (χ4n) is 2.59. The molecule has 2 amide bonds. The molecule has 0 radical (unpaired) electrons. The van der Waals surface area contributed by atoms with Crippen molar-refractivity contribution in [3.63, 3.8) is 0 Å². The molecule has 1 atom stereocenters. The van der Waals surface area contributed by atoms with E-state index in [1.807, 2.05) is 31.3 Å². The molecular weight excluding hydrogens is 296 g/mol. The number of hydrogen-bond donors (Lipinski definition) is 2. The molecule has 2 N–H and O–H groups in total. The van der Waals surface area contributed by atoms with Gasteiger partial charge in [0.1, 0.15) is 6.10 Å². The van der Waals surface area contributed by atoms with Gasteiger partial charge in [-0.2, -0.15) is 5.10 Å². The molecule has 1 aromatic carbocycles. The maximum absolute atomic E-state index is 12.2. The van der Waals surface area contributed by atoms with Gasteiger partial charge in [-0.1, -0.05) is 12.1 Å². The lowest BCUT2D eigenvalue weighted by atomic mass is 10.0. The number of hydrogen-bond acceptors (Lipinski definition) is 5. The number of morpholine rings is 1. The highest BCUT2D eigenvalue weighted by atomic mass is 16.5. The largest absolute Gasteiger partial charge is 0.366 e. The standard InChI is InChI=1S/C16H20N4O3/c1-20-8-9-23-14(10-20)16(22)17-12-4-2-11(3-5-12)13-6-7-15(21)19-18-13/h2-5,14H,6-10H2,1H3,(H,17,22)(H,19,21). The number of rotatable bonds is 3. The van der Waals surface area contributed by atoms with Crippen LogP contribution in [0.25, 0.3) is 0 Å². The van der Waals surface area contributed by atoms with Gasteiger partial charge in [-0.05, 0) is 24.7 Å². The van der Waals surface area contributed by atoms with Crippen LogP contribution < -0.4 is 10.7 Å². The van der Waals surface area contributed by atoms with Gasteiger partial charge in [0.05, 0.1) is 12.3 Å². The van der Waals surface area contributed by atoms with Crippen LogP contribution in [0.15, 0.2) is 29.4 Å². The Hall–Kier alpha value is -2.25. The lowest BCUT2D eigenvalue weighted by molar-refractivity contribution is -0.132. The van der Waals surface area contributed by atoms with Gasteiger partial charge >= 0.3 is 0 Å². The first-order valence-electron chi connectivity index (χ1n) is 7.68. The monoisotopic (exact) mass is 316 g/mol. The van der Waals surface area contributed by atoms with Crippen molar-refractivity contribution in [3.8, 4) is 0 Å². The maximum Gasteiger partial charge on any atom is 0.254 e. The molecule has 2 heterocycles. The molecule has 2 aliphatic rings. The van der Waals surface area contributed by atoms with Crippen LogP contribution in [0.4, 0.5) is 5.69 Å². The van der Waals surface area contributed by atoms with E-state index >= 15 is 0 Å². The summed E-state index contributed by atoms with van der Waals surface area (Å²) in [6.07, 6.45) is 0.635. The average molecular weight is 316 g/mol. The van der Waals surface area contributed by atoms with E-state index < -0.39 is 6.10 Å². The molecule has 122 valence electrons. The fraction of sp³-hybridized carbons (Fsp3) is 0.438. The van der Waals surface area contributed by atoms with Gasteiger partial charge in [0, 0.05) is 31.6 Å². The SMILES string of the molecule is CN1CCOC(C(=O)Nc2ccc(C3=NNC(=O)CC3)cc2)C1. The molecule has 1 saturated heterocycles. The number of amides is 2. The topological polar surface area (TPSA) is 83.0 Å². The number of carbonyl (C=O) groups excluding carboxylic acids is 2. The molecule has 0 spiro atoms. The number of nitrogens with zero attached hydrogens (tertiary/aromatic N) is 2. The van der Waals surface area contributed by atoms with Gasteiger partial charge < -0.3 is 15.0 Å². The summed E-state index contributed by atoms with van der Waals surface area (Å²) in [4.78, 5) is 25.4. The van der Waals surface area contributed by atoms with Crippen LogP contribution >= 0.6 is 0 Å². The molecule has 0 saturated carbocycles. The zero-order valence-corrected chi connectivity index (χ0v) is 13.0. The molecule has 2 aliphatic heterocycles. The summed E-state index contributed by atoms with van der Waals surface area (Å²) < 4.78 is 5.50. The van der Waals surface area contributed by atoms with E-state index in [1.165, 1.54) is 0 Å². The Morgan fingerprint density at radius 1 is 1.35 bits per heavy atom. The van der Waals surface area contributed by atoms with Crippen LogP contribution in [-0.4, -0.2) is 55.3 Å². The summed E-state index contributed by atoms with van der Waals surface area (Å²) >= 11 is 0. The zero-order valence-electron chi connectivity index (χ0n) is 13.0. The Labute approximate surface area is 134 Å². The van der Waals surface area contributed by atoms with Crippen LogP contribution in [0, 0.1) is 0 Å². The third kappa shape index (κ3) is 3.94. The summed E-state index contributed by atoms with van der Waals surface area (Å²) in [5, 5.41) is 6.93. The molecule has 0 aliphatic carbocycles. The molecule has 7 nitrogen and oxygen atoms in total. The van der Waals surface area contributed by atoms with Crippen molar-refractivity contribution < 1.29 is 14.3 Å². The number of benzene rings is 1. The van der Waals surface area contributed by atoms with Crippen LogP contribution in [0.1, 0.15) is 18.4 Å². The number of nitrogens with one attached hydrogen (secondary N) is 2. The second-order valence-corrected chi connectivity index (χ2v) is 5.78. The molecule has 0 aromatic heterocycles. The minimum absolute atomic E-state index is 0.0601. The van der Waals surface area contributed by atoms with E-state index in [4.69, 9.17) is 4.74 Å². The lowest BCUT2D eigenvalue weighted by Gasteiger charge is -2.29. The van der Waals surface area contributed by atoms with Crippen LogP contribution in [0.5, 0.6) is 0 Å². The van der Waals surface area contributed by atoms with Crippen molar-refractivity contribution in [2.75, 3.05) is 32.1 Å². The Morgan fingerprint density at radius 2 is 2.13 bits per heavy atom. The smallest absolute Gasteiger partial charge is 0.254 e. The van der Waals surface area contributed by atoms with Crippen molar-refractivity contribution in [1.82, 2.24) is 10.3 Å². The van der Waals surface area contributed by atoms with E-state index in [0.717, 1.165) is 23.5 Å². The van der Waals surface area contributed by atoms with Crippen molar-refractivity contribution in [2.45, 2.75) is 18.9 Å². The van der Waals surface area contributed by atoms with Gasteiger partial charge in [0.2, 0.25) is 5.91 Å². The summed E-state index contributed by atoms with van der Waals surface area (Å²) in [6, 6.07) is 7.44. The van der Waals surface area contributed by atoms with E-state index in [1.54, 1.807) is 0 Å². The van der Waals surface area contributed by atoms with Crippen molar-refractivity contribution >= 4 is 23.2 Å². The second-order valence-electron chi connectivity index (χ2n) is 5.78. The van der Waals surface area contributed by atoms with Gasteiger partial charge in [-0.25, -0.2) is 5.43 Å². The molecular formula is C16H20N4O3. The summed E-state index contributed by atoms with van der Waals surface area (Å²) in [5.41, 5.74) is 4.99. The van der Waals surface area contributed by atoms with Gasteiger partial charge in [0.25, 0.3) is 5.91 Å². The molecule has 1 unspecified atom stereocenters. The van der Waals surface area contributed by atoms with E-state index in [0.29, 0.717) is 26.0 Å². The van der Waals surface area contributed by atoms with Crippen LogP contribution in [-0.2, 0) is 14.3 Å². The highest BCUT2D eigenvalue weighted by Crippen LogP contribution is 2.15. The maximum atomic E-state index is 12.2. The number of carbonyl (C=O) groups is 2. The molecule has 1 fully saturated rings. The van der Waals surface area contributed by atoms with Gasteiger partial charge in [0.15, 0.2) is 0 Å². The normalized spacial score (nSPS) is 22.2. The predicted octanol–water partition coefficient (Wildman–Crippen LogP) is 0.570. The average Bonchev–Trinajstić information content (AvgIpc) is 2.56. The Morgan fingerprint density at radius 3 is 2.78 bits per heavy atom. The highest BCUT2D eigenvalue weighted by Gasteiger charge is 2.24. The summed E-state index contributed by atoms with van der Waals surface area (Å²) in [7, 11) is 1.97. The number of ether oxygens (including phenoxy) is 1. The first kappa shape index (κ1) is 15.6. The van der Waals surface area contributed by atoms with Crippen molar-refractivity contribution in [1.29, 1.82) is 0 Å². The first-order chi connectivity index (χ1) is 11.1. The van der Waals surface area contributed by atoms with Crippen LogP contribution in [0.2, 0.25) is 0 Å². The predicted molar refractivity (Wildman–Crippen MR) is 86.2 cm³/mol.